The van der Waals surface area contributed by atoms with E-state index in [9.17, 15) is 22.8 Å². The Morgan fingerprint density at radius 1 is 1.12 bits per heavy atom. The second kappa shape index (κ2) is 5.80. The molecule has 5 nitrogen and oxygen atoms in total. The Hall–Kier alpha value is -3.03. The molecule has 0 saturated carbocycles. The summed E-state index contributed by atoms with van der Waals surface area (Å²) in [4.78, 5) is 24.7. The minimum atomic E-state index is -4.47. The first-order valence-electron chi connectivity index (χ1n) is 7.28. The molecular weight excluding hydrogens is 337 g/mol. The summed E-state index contributed by atoms with van der Waals surface area (Å²) in [6, 6.07) is 10.5. The number of fused-ring (bicyclic) bond motifs is 1. The van der Waals surface area contributed by atoms with Crippen molar-refractivity contribution in [2.75, 3.05) is 10.6 Å². The van der Waals surface area contributed by atoms with E-state index in [1.807, 2.05) is 0 Å². The molecule has 0 fully saturated rings. The van der Waals surface area contributed by atoms with Gasteiger partial charge in [0, 0.05) is 5.69 Å². The second-order valence-electron chi connectivity index (χ2n) is 5.61. The van der Waals surface area contributed by atoms with Gasteiger partial charge in [-0.2, -0.15) is 13.2 Å². The zero-order chi connectivity index (χ0) is 18.2. The number of ether oxygens (including phenoxy) is 1. The van der Waals surface area contributed by atoms with Crippen molar-refractivity contribution < 1.29 is 27.5 Å². The first kappa shape index (κ1) is 16.8. The van der Waals surface area contributed by atoms with Gasteiger partial charge in [-0.05, 0) is 43.3 Å². The number of rotatable bonds is 2. The normalized spacial score (nSPS) is 19.4. The number of alkyl halides is 3. The van der Waals surface area contributed by atoms with Crippen molar-refractivity contribution >= 4 is 23.2 Å². The maximum absolute atomic E-state index is 12.6. The summed E-state index contributed by atoms with van der Waals surface area (Å²) < 4.78 is 43.2. The third-order valence-corrected chi connectivity index (χ3v) is 3.79. The van der Waals surface area contributed by atoms with Crippen LogP contribution < -0.4 is 15.4 Å². The third-order valence-electron chi connectivity index (χ3n) is 3.79. The molecule has 8 heteroatoms. The maximum atomic E-state index is 12.6. The Labute approximate surface area is 140 Å². The average molecular weight is 350 g/mol. The Balaban J connectivity index is 1.80. The van der Waals surface area contributed by atoms with Crippen molar-refractivity contribution in [1.29, 1.82) is 0 Å². The Morgan fingerprint density at radius 2 is 1.76 bits per heavy atom. The number of hydrogen-bond donors (Lipinski definition) is 2. The average Bonchev–Trinajstić information content (AvgIpc) is 2.55. The van der Waals surface area contributed by atoms with Crippen LogP contribution in [0, 0.1) is 0 Å². The van der Waals surface area contributed by atoms with E-state index in [0.717, 1.165) is 24.3 Å². The van der Waals surface area contributed by atoms with Crippen LogP contribution in [0.2, 0.25) is 0 Å². The molecule has 2 amide bonds. The highest BCUT2D eigenvalue weighted by Crippen LogP contribution is 2.34. The van der Waals surface area contributed by atoms with Gasteiger partial charge in [0.2, 0.25) is 0 Å². The SMILES string of the molecule is CC1(C(=O)Nc2ccc(C(F)(F)F)cc2)Oc2ccccc2NC1=O. The number of carbonyl (C=O) groups excluding carboxylic acids is 2. The van der Waals surface area contributed by atoms with Gasteiger partial charge in [0.05, 0.1) is 11.3 Å². The number of anilines is 2. The van der Waals surface area contributed by atoms with E-state index in [-0.39, 0.29) is 5.69 Å². The first-order chi connectivity index (χ1) is 11.7. The van der Waals surface area contributed by atoms with Crippen LogP contribution in [0.25, 0.3) is 0 Å². The molecule has 1 atom stereocenters. The summed E-state index contributed by atoms with van der Waals surface area (Å²) in [6.07, 6.45) is -4.47. The van der Waals surface area contributed by atoms with Gasteiger partial charge in [0.1, 0.15) is 5.75 Å². The highest BCUT2D eigenvalue weighted by atomic mass is 19.4. The molecule has 2 aromatic rings. The highest BCUT2D eigenvalue weighted by Gasteiger charge is 2.47. The van der Waals surface area contributed by atoms with Gasteiger partial charge in [-0.1, -0.05) is 12.1 Å². The number of nitrogens with one attached hydrogen (secondary N) is 2. The second-order valence-corrected chi connectivity index (χ2v) is 5.61. The van der Waals surface area contributed by atoms with Crippen LogP contribution in [0.5, 0.6) is 5.75 Å². The summed E-state index contributed by atoms with van der Waals surface area (Å²) in [6.45, 7) is 1.29. The monoisotopic (exact) mass is 350 g/mol. The zero-order valence-corrected chi connectivity index (χ0v) is 13.0. The van der Waals surface area contributed by atoms with Crippen LogP contribution in [0.15, 0.2) is 48.5 Å². The Bertz CT molecular complexity index is 834. The molecule has 2 aromatic carbocycles. The summed E-state index contributed by atoms with van der Waals surface area (Å²) in [5.74, 6) is -1.14. The van der Waals surface area contributed by atoms with Crippen molar-refractivity contribution in [2.45, 2.75) is 18.7 Å². The van der Waals surface area contributed by atoms with Crippen LogP contribution in [-0.2, 0) is 15.8 Å². The van der Waals surface area contributed by atoms with E-state index in [2.05, 4.69) is 10.6 Å². The zero-order valence-electron chi connectivity index (χ0n) is 13.0. The van der Waals surface area contributed by atoms with Crippen LogP contribution in [0.1, 0.15) is 12.5 Å². The van der Waals surface area contributed by atoms with Crippen LogP contribution >= 0.6 is 0 Å². The summed E-state index contributed by atoms with van der Waals surface area (Å²) >= 11 is 0. The lowest BCUT2D eigenvalue weighted by atomic mass is 10.0. The van der Waals surface area contributed by atoms with Crippen LogP contribution in [0.4, 0.5) is 24.5 Å². The van der Waals surface area contributed by atoms with E-state index < -0.39 is 29.2 Å². The van der Waals surface area contributed by atoms with E-state index in [0.29, 0.717) is 11.4 Å². The van der Waals surface area contributed by atoms with E-state index in [4.69, 9.17) is 4.74 Å². The molecule has 1 unspecified atom stereocenters. The van der Waals surface area contributed by atoms with Crippen molar-refractivity contribution in [3.8, 4) is 5.75 Å². The molecule has 0 radical (unpaired) electrons. The molecule has 0 saturated heterocycles. The van der Waals surface area contributed by atoms with Crippen molar-refractivity contribution in [3.05, 3.63) is 54.1 Å². The predicted octanol–water partition coefficient (Wildman–Crippen LogP) is 3.43. The molecule has 1 aliphatic rings. The lowest BCUT2D eigenvalue weighted by molar-refractivity contribution is -0.143. The van der Waals surface area contributed by atoms with Gasteiger partial charge in [-0.25, -0.2) is 0 Å². The van der Waals surface area contributed by atoms with E-state index in [1.54, 1.807) is 24.3 Å². The molecule has 0 spiro atoms. The number of hydrogen-bond acceptors (Lipinski definition) is 3. The molecule has 3 rings (SSSR count). The van der Waals surface area contributed by atoms with Gasteiger partial charge in [-0.15, -0.1) is 0 Å². The predicted molar refractivity (Wildman–Crippen MR) is 84.2 cm³/mol. The van der Waals surface area contributed by atoms with Gasteiger partial charge in [0.15, 0.2) is 0 Å². The molecule has 25 heavy (non-hydrogen) atoms. The molecule has 1 heterocycles. The number of benzene rings is 2. The number of para-hydroxylation sites is 2. The molecule has 0 aromatic heterocycles. The lowest BCUT2D eigenvalue weighted by Crippen LogP contribution is -2.56. The summed E-state index contributed by atoms with van der Waals surface area (Å²) in [5, 5.41) is 4.97. The van der Waals surface area contributed by atoms with E-state index >= 15 is 0 Å². The summed E-state index contributed by atoms with van der Waals surface area (Å²) in [5.41, 5.74) is -2.13. The minimum absolute atomic E-state index is 0.120. The van der Waals surface area contributed by atoms with Gasteiger partial charge in [0.25, 0.3) is 17.4 Å². The fourth-order valence-electron chi connectivity index (χ4n) is 2.31. The van der Waals surface area contributed by atoms with Crippen LogP contribution in [-0.4, -0.2) is 17.4 Å². The highest BCUT2D eigenvalue weighted by molar-refractivity contribution is 6.18. The third kappa shape index (κ3) is 3.15. The number of halogens is 3. The molecule has 0 aliphatic carbocycles. The Morgan fingerprint density at radius 3 is 2.40 bits per heavy atom. The molecule has 0 bridgehead atoms. The standard InChI is InChI=1S/C17H13F3N2O3/c1-16(15(24)22-12-4-2-3-5-13(12)25-16)14(23)21-11-8-6-10(7-9-11)17(18,19)20/h2-9H,1H3,(H,21,23)(H,22,24). The Kier molecular flexibility index (Phi) is 3.90. The number of amides is 2. The van der Waals surface area contributed by atoms with Crippen molar-refractivity contribution in [1.82, 2.24) is 0 Å². The van der Waals surface area contributed by atoms with E-state index in [1.165, 1.54) is 6.92 Å². The topological polar surface area (TPSA) is 67.4 Å². The van der Waals surface area contributed by atoms with Crippen LogP contribution in [0.3, 0.4) is 0 Å². The first-order valence-corrected chi connectivity index (χ1v) is 7.28. The largest absolute Gasteiger partial charge is 0.466 e. The minimum Gasteiger partial charge on any atom is -0.466 e. The fourth-order valence-corrected chi connectivity index (χ4v) is 2.31. The van der Waals surface area contributed by atoms with Gasteiger partial charge < -0.3 is 15.4 Å². The molecule has 130 valence electrons. The lowest BCUT2D eigenvalue weighted by Gasteiger charge is -2.33. The van der Waals surface area contributed by atoms with Gasteiger partial charge in [-0.3, -0.25) is 9.59 Å². The van der Waals surface area contributed by atoms with Gasteiger partial charge >= 0.3 is 6.18 Å². The van der Waals surface area contributed by atoms with Crippen molar-refractivity contribution in [2.24, 2.45) is 0 Å². The molecule has 2 N–H and O–H groups in total. The molecule has 1 aliphatic heterocycles. The maximum Gasteiger partial charge on any atom is 0.416 e. The fraction of sp³-hybridized carbons (Fsp3) is 0.176. The molecular formula is C17H13F3N2O3. The van der Waals surface area contributed by atoms with Crippen molar-refractivity contribution in [3.63, 3.8) is 0 Å². The smallest absolute Gasteiger partial charge is 0.416 e. The quantitative estimate of drug-likeness (QED) is 0.816. The summed E-state index contributed by atoms with van der Waals surface area (Å²) in [7, 11) is 0. The number of carbonyl (C=O) groups is 2.